The Morgan fingerprint density at radius 2 is 1.78 bits per heavy atom. The van der Waals surface area contributed by atoms with Crippen molar-refractivity contribution in [2.24, 2.45) is 0 Å². The van der Waals surface area contributed by atoms with Crippen LogP contribution in [-0.4, -0.2) is 18.1 Å². The Labute approximate surface area is 137 Å². The molecule has 0 aliphatic rings. The van der Waals surface area contributed by atoms with E-state index in [2.05, 4.69) is 5.32 Å². The lowest BCUT2D eigenvalue weighted by Gasteiger charge is -2.19. The number of nitrogens with one attached hydrogen (secondary N) is 1. The molecule has 0 fully saturated rings. The third-order valence-electron chi connectivity index (χ3n) is 2.94. The minimum atomic E-state index is -0.473. The molecule has 122 valence electrons. The second-order valence-corrected chi connectivity index (χ2v) is 6.24. The molecule has 1 N–H and O–H groups in total. The highest BCUT2D eigenvalue weighted by Gasteiger charge is 2.15. The number of ether oxygens (including phenoxy) is 2. The van der Waals surface area contributed by atoms with Crippen molar-refractivity contribution in [1.29, 1.82) is 0 Å². The van der Waals surface area contributed by atoms with Gasteiger partial charge in [0, 0.05) is 11.8 Å². The maximum Gasteiger partial charge on any atom is 0.325 e. The van der Waals surface area contributed by atoms with Crippen molar-refractivity contribution in [3.8, 4) is 5.75 Å². The summed E-state index contributed by atoms with van der Waals surface area (Å²) in [4.78, 5) is 11.7. The molecule has 0 amide bonds. The van der Waals surface area contributed by atoms with Gasteiger partial charge in [0.05, 0.1) is 0 Å². The predicted molar refractivity (Wildman–Crippen MR) is 91.6 cm³/mol. The zero-order chi connectivity index (χ0) is 16.7. The van der Waals surface area contributed by atoms with Gasteiger partial charge < -0.3 is 14.8 Å². The monoisotopic (exact) mass is 313 g/mol. The Bertz CT molecular complexity index is 633. The number of anilines is 1. The van der Waals surface area contributed by atoms with E-state index in [1.165, 1.54) is 0 Å². The molecule has 23 heavy (non-hydrogen) atoms. The normalized spacial score (nSPS) is 10.9. The van der Waals surface area contributed by atoms with E-state index in [0.29, 0.717) is 6.61 Å². The first-order valence-electron chi connectivity index (χ1n) is 7.65. The van der Waals surface area contributed by atoms with Crippen LogP contribution in [0.3, 0.4) is 0 Å². The van der Waals surface area contributed by atoms with Crippen LogP contribution < -0.4 is 10.1 Å². The fourth-order valence-electron chi connectivity index (χ4n) is 1.99. The highest BCUT2D eigenvalue weighted by Crippen LogP contribution is 2.18. The molecule has 0 aliphatic heterocycles. The highest BCUT2D eigenvalue weighted by atomic mass is 16.6. The first kappa shape index (κ1) is 16.9. The number of carbonyl (C=O) groups is 1. The van der Waals surface area contributed by atoms with Crippen LogP contribution in [0.15, 0.2) is 54.6 Å². The van der Waals surface area contributed by atoms with Gasteiger partial charge in [-0.1, -0.05) is 36.4 Å². The van der Waals surface area contributed by atoms with Crippen LogP contribution in [0.2, 0.25) is 0 Å². The highest BCUT2D eigenvalue weighted by molar-refractivity contribution is 5.75. The summed E-state index contributed by atoms with van der Waals surface area (Å²) in [6.07, 6.45) is 0. The lowest BCUT2D eigenvalue weighted by atomic mass is 10.2. The van der Waals surface area contributed by atoms with Crippen LogP contribution in [0.4, 0.5) is 5.69 Å². The second-order valence-electron chi connectivity index (χ2n) is 6.24. The fourth-order valence-corrected chi connectivity index (χ4v) is 1.99. The average molecular weight is 313 g/mol. The Hall–Kier alpha value is -2.49. The van der Waals surface area contributed by atoms with Gasteiger partial charge in [-0.2, -0.15) is 0 Å². The Kier molecular flexibility index (Phi) is 5.63. The van der Waals surface area contributed by atoms with E-state index < -0.39 is 5.60 Å². The number of hydrogen-bond acceptors (Lipinski definition) is 4. The first-order chi connectivity index (χ1) is 10.9. The van der Waals surface area contributed by atoms with E-state index in [9.17, 15) is 4.79 Å². The number of rotatable bonds is 6. The molecule has 0 atom stereocenters. The van der Waals surface area contributed by atoms with Crippen LogP contribution in [0.25, 0.3) is 0 Å². The molecule has 0 spiro atoms. The maximum atomic E-state index is 11.7. The van der Waals surface area contributed by atoms with Crippen molar-refractivity contribution in [3.63, 3.8) is 0 Å². The van der Waals surface area contributed by atoms with Crippen molar-refractivity contribution >= 4 is 11.7 Å². The summed E-state index contributed by atoms with van der Waals surface area (Å²) in [5.74, 6) is 0.469. The summed E-state index contributed by atoms with van der Waals surface area (Å²) in [5, 5.41) is 3.05. The average Bonchev–Trinajstić information content (AvgIpc) is 2.51. The van der Waals surface area contributed by atoms with Crippen molar-refractivity contribution < 1.29 is 14.3 Å². The van der Waals surface area contributed by atoms with Gasteiger partial charge in [0.15, 0.2) is 0 Å². The third-order valence-corrected chi connectivity index (χ3v) is 2.94. The number of benzene rings is 2. The largest absolute Gasteiger partial charge is 0.489 e. The second kappa shape index (κ2) is 7.68. The van der Waals surface area contributed by atoms with Crippen LogP contribution in [0.1, 0.15) is 26.3 Å². The summed E-state index contributed by atoms with van der Waals surface area (Å²) in [5.41, 5.74) is 1.46. The summed E-state index contributed by atoms with van der Waals surface area (Å²) in [6, 6.07) is 17.5. The van der Waals surface area contributed by atoms with E-state index >= 15 is 0 Å². The molecular weight excluding hydrogens is 290 g/mol. The topological polar surface area (TPSA) is 47.6 Å². The van der Waals surface area contributed by atoms with Crippen molar-refractivity contribution in [2.45, 2.75) is 33.0 Å². The van der Waals surface area contributed by atoms with Gasteiger partial charge in [-0.05, 0) is 38.5 Å². The standard InChI is InChI=1S/C19H23NO3/c1-19(2,3)23-18(21)13-20-16-10-7-11-17(12-16)22-14-15-8-5-4-6-9-15/h4-12,20H,13-14H2,1-3H3. The molecular formula is C19H23NO3. The lowest BCUT2D eigenvalue weighted by molar-refractivity contribution is -0.152. The Morgan fingerprint density at radius 1 is 1.04 bits per heavy atom. The zero-order valence-corrected chi connectivity index (χ0v) is 13.8. The van der Waals surface area contributed by atoms with Crippen LogP contribution in [-0.2, 0) is 16.1 Å². The smallest absolute Gasteiger partial charge is 0.325 e. The van der Waals surface area contributed by atoms with Crippen molar-refractivity contribution in [3.05, 3.63) is 60.2 Å². The van der Waals surface area contributed by atoms with Gasteiger partial charge in [-0.25, -0.2) is 0 Å². The van der Waals surface area contributed by atoms with E-state index in [1.807, 2.05) is 75.4 Å². The molecule has 2 rings (SSSR count). The van der Waals surface area contributed by atoms with E-state index in [-0.39, 0.29) is 12.5 Å². The quantitative estimate of drug-likeness (QED) is 0.818. The Balaban J connectivity index is 1.86. The van der Waals surface area contributed by atoms with Gasteiger partial charge in [0.1, 0.15) is 24.5 Å². The molecule has 0 aliphatic carbocycles. The molecule has 0 unspecified atom stereocenters. The third kappa shape index (κ3) is 6.43. The summed E-state index contributed by atoms with van der Waals surface area (Å²) >= 11 is 0. The Morgan fingerprint density at radius 3 is 2.48 bits per heavy atom. The summed E-state index contributed by atoms with van der Waals surface area (Å²) in [6.45, 7) is 6.19. The molecule has 0 bridgehead atoms. The molecule has 0 aromatic heterocycles. The first-order valence-corrected chi connectivity index (χ1v) is 7.65. The maximum absolute atomic E-state index is 11.7. The van der Waals surface area contributed by atoms with Crippen molar-refractivity contribution in [1.82, 2.24) is 0 Å². The van der Waals surface area contributed by atoms with Gasteiger partial charge in [0.25, 0.3) is 0 Å². The van der Waals surface area contributed by atoms with Gasteiger partial charge in [-0.3, -0.25) is 4.79 Å². The van der Waals surface area contributed by atoms with Crippen LogP contribution in [0.5, 0.6) is 5.75 Å². The van der Waals surface area contributed by atoms with Crippen LogP contribution in [0, 0.1) is 0 Å². The van der Waals surface area contributed by atoms with Gasteiger partial charge in [0.2, 0.25) is 0 Å². The number of esters is 1. The van der Waals surface area contributed by atoms with E-state index in [1.54, 1.807) is 0 Å². The van der Waals surface area contributed by atoms with E-state index in [0.717, 1.165) is 17.0 Å². The van der Waals surface area contributed by atoms with Gasteiger partial charge >= 0.3 is 5.97 Å². The number of carbonyl (C=O) groups excluding carboxylic acids is 1. The SMILES string of the molecule is CC(C)(C)OC(=O)CNc1cccc(OCc2ccccc2)c1. The van der Waals surface area contributed by atoms with Crippen molar-refractivity contribution in [2.75, 3.05) is 11.9 Å². The van der Waals surface area contributed by atoms with Gasteiger partial charge in [-0.15, -0.1) is 0 Å². The predicted octanol–water partition coefficient (Wildman–Crippen LogP) is 4.02. The van der Waals surface area contributed by atoms with E-state index in [4.69, 9.17) is 9.47 Å². The molecule has 2 aromatic rings. The minimum Gasteiger partial charge on any atom is -0.489 e. The zero-order valence-electron chi connectivity index (χ0n) is 13.8. The minimum absolute atomic E-state index is 0.124. The number of hydrogen-bond donors (Lipinski definition) is 1. The summed E-state index contributed by atoms with van der Waals surface area (Å²) in [7, 11) is 0. The molecule has 0 radical (unpaired) electrons. The molecule has 4 heteroatoms. The molecule has 0 saturated heterocycles. The molecule has 4 nitrogen and oxygen atoms in total. The van der Waals surface area contributed by atoms with Crippen LogP contribution >= 0.6 is 0 Å². The molecule has 0 heterocycles. The molecule has 0 saturated carbocycles. The lowest BCUT2D eigenvalue weighted by Crippen LogP contribution is -2.28. The molecule has 2 aromatic carbocycles. The fraction of sp³-hybridized carbons (Fsp3) is 0.316. The summed E-state index contributed by atoms with van der Waals surface area (Å²) < 4.78 is 11.0.